The molecule has 0 bridgehead atoms. The van der Waals surface area contributed by atoms with E-state index in [9.17, 15) is 0 Å². The molecule has 2 unspecified atom stereocenters. The van der Waals surface area contributed by atoms with Crippen molar-refractivity contribution in [3.8, 4) is 0 Å². The molecule has 0 spiro atoms. The third-order valence-corrected chi connectivity index (χ3v) is 4.65. The molecule has 4 nitrogen and oxygen atoms in total. The van der Waals surface area contributed by atoms with Crippen LogP contribution in [0.2, 0.25) is 0 Å². The molecule has 1 aromatic heterocycles. The molecule has 21 heavy (non-hydrogen) atoms. The Labute approximate surface area is 130 Å². The quantitative estimate of drug-likeness (QED) is 0.481. The van der Waals surface area contributed by atoms with Gasteiger partial charge in [-0.3, -0.25) is 16.0 Å². The minimum atomic E-state index is 0.326. The van der Waals surface area contributed by atoms with Crippen molar-refractivity contribution in [1.29, 1.82) is 0 Å². The molecular formula is C17H34N4. The summed E-state index contributed by atoms with van der Waals surface area (Å²) in [6.07, 6.45) is 10.2. The van der Waals surface area contributed by atoms with E-state index in [-0.39, 0.29) is 0 Å². The van der Waals surface area contributed by atoms with Gasteiger partial charge in [0.05, 0.1) is 11.7 Å². The number of rotatable bonds is 11. The predicted octanol–water partition coefficient (Wildman–Crippen LogP) is 3.84. The minimum absolute atomic E-state index is 0.326. The van der Waals surface area contributed by atoms with Crippen molar-refractivity contribution in [2.45, 2.75) is 84.7 Å². The molecule has 1 rings (SSSR count). The van der Waals surface area contributed by atoms with E-state index in [1.54, 1.807) is 0 Å². The van der Waals surface area contributed by atoms with Crippen LogP contribution in [0.15, 0.2) is 12.3 Å². The van der Waals surface area contributed by atoms with Crippen LogP contribution in [-0.2, 0) is 6.42 Å². The first-order valence-electron chi connectivity index (χ1n) is 8.70. The highest BCUT2D eigenvalue weighted by Gasteiger charge is 2.20. The molecule has 122 valence electrons. The lowest BCUT2D eigenvalue weighted by atomic mass is 9.89. The lowest BCUT2D eigenvalue weighted by Gasteiger charge is -2.25. The zero-order chi connectivity index (χ0) is 15.7. The average Bonchev–Trinajstić information content (AvgIpc) is 2.96. The summed E-state index contributed by atoms with van der Waals surface area (Å²) in [4.78, 5) is 0. The van der Waals surface area contributed by atoms with Gasteiger partial charge in [0.2, 0.25) is 0 Å². The van der Waals surface area contributed by atoms with Gasteiger partial charge in [0.1, 0.15) is 0 Å². The van der Waals surface area contributed by atoms with Crippen molar-refractivity contribution in [1.82, 2.24) is 15.2 Å². The lowest BCUT2D eigenvalue weighted by Crippen LogP contribution is -2.42. The maximum Gasteiger partial charge on any atom is 0.0640 e. The van der Waals surface area contributed by atoms with Gasteiger partial charge >= 0.3 is 0 Å². The second-order valence-corrected chi connectivity index (χ2v) is 6.05. The average molecular weight is 294 g/mol. The Balaban J connectivity index is 2.68. The Morgan fingerprint density at radius 2 is 1.90 bits per heavy atom. The van der Waals surface area contributed by atoms with Crippen LogP contribution >= 0.6 is 0 Å². The second-order valence-electron chi connectivity index (χ2n) is 6.05. The van der Waals surface area contributed by atoms with Crippen LogP contribution in [0.25, 0.3) is 0 Å². The van der Waals surface area contributed by atoms with Crippen molar-refractivity contribution in [3.63, 3.8) is 0 Å². The van der Waals surface area contributed by atoms with Crippen LogP contribution in [0.1, 0.15) is 78.0 Å². The third-order valence-electron chi connectivity index (χ3n) is 4.65. The van der Waals surface area contributed by atoms with Gasteiger partial charge in [-0.1, -0.05) is 47.0 Å². The SMILES string of the molecule is CCCCC(CC)C(Cc1ccn(C(CC)CC)n1)NN. The second kappa shape index (κ2) is 9.96. The van der Waals surface area contributed by atoms with Gasteiger partial charge in [-0.15, -0.1) is 0 Å². The highest BCUT2D eigenvalue weighted by atomic mass is 15.3. The summed E-state index contributed by atoms with van der Waals surface area (Å²) in [5, 5.41) is 4.76. The van der Waals surface area contributed by atoms with Gasteiger partial charge in [-0.05, 0) is 31.2 Å². The summed E-state index contributed by atoms with van der Waals surface area (Å²) in [5.41, 5.74) is 4.18. The van der Waals surface area contributed by atoms with Gasteiger partial charge in [0, 0.05) is 18.7 Å². The summed E-state index contributed by atoms with van der Waals surface area (Å²) in [7, 11) is 0. The Morgan fingerprint density at radius 1 is 1.19 bits per heavy atom. The van der Waals surface area contributed by atoms with Crippen LogP contribution in [0, 0.1) is 5.92 Å². The van der Waals surface area contributed by atoms with Crippen LogP contribution in [0.3, 0.4) is 0 Å². The molecule has 0 radical (unpaired) electrons. The number of hydrogen-bond acceptors (Lipinski definition) is 3. The van der Waals surface area contributed by atoms with E-state index in [1.807, 2.05) is 0 Å². The number of hydrogen-bond donors (Lipinski definition) is 2. The van der Waals surface area contributed by atoms with E-state index in [0.29, 0.717) is 18.0 Å². The molecule has 1 aromatic rings. The fourth-order valence-electron chi connectivity index (χ4n) is 3.10. The zero-order valence-corrected chi connectivity index (χ0v) is 14.3. The largest absolute Gasteiger partial charge is 0.271 e. The van der Waals surface area contributed by atoms with Crippen molar-refractivity contribution >= 4 is 0 Å². The molecule has 0 aliphatic heterocycles. The molecule has 0 aliphatic rings. The van der Waals surface area contributed by atoms with Gasteiger partial charge in [-0.25, -0.2) is 0 Å². The van der Waals surface area contributed by atoms with Crippen LogP contribution < -0.4 is 11.3 Å². The standard InChI is InChI=1S/C17H34N4/c1-5-9-10-14(6-2)17(19-18)13-15-11-12-21(20-15)16(7-3)8-4/h11-12,14,16-17,19H,5-10,13,18H2,1-4H3. The molecule has 0 saturated heterocycles. The summed E-state index contributed by atoms with van der Waals surface area (Å²) >= 11 is 0. The summed E-state index contributed by atoms with van der Waals surface area (Å²) in [6, 6.07) is 2.99. The first-order valence-corrected chi connectivity index (χ1v) is 8.70. The molecule has 0 aliphatic carbocycles. The van der Waals surface area contributed by atoms with Crippen molar-refractivity contribution in [2.24, 2.45) is 11.8 Å². The number of aromatic nitrogens is 2. The zero-order valence-electron chi connectivity index (χ0n) is 14.3. The summed E-state index contributed by atoms with van der Waals surface area (Å²) in [5.74, 6) is 6.44. The van der Waals surface area contributed by atoms with Crippen LogP contribution in [0.5, 0.6) is 0 Å². The van der Waals surface area contributed by atoms with E-state index in [1.165, 1.54) is 25.7 Å². The van der Waals surface area contributed by atoms with E-state index < -0.39 is 0 Å². The highest BCUT2D eigenvalue weighted by Crippen LogP contribution is 2.20. The molecule has 0 saturated carbocycles. The maximum atomic E-state index is 5.80. The maximum absolute atomic E-state index is 5.80. The minimum Gasteiger partial charge on any atom is -0.271 e. The van der Waals surface area contributed by atoms with E-state index in [0.717, 1.165) is 25.0 Å². The molecule has 0 aromatic carbocycles. The number of nitrogens with two attached hydrogens (primary N) is 1. The predicted molar refractivity (Wildman–Crippen MR) is 90.0 cm³/mol. The normalized spacial score (nSPS) is 14.6. The number of nitrogens with zero attached hydrogens (tertiary/aromatic N) is 2. The van der Waals surface area contributed by atoms with Gasteiger partial charge < -0.3 is 0 Å². The van der Waals surface area contributed by atoms with E-state index in [2.05, 4.69) is 50.1 Å². The highest BCUT2D eigenvalue weighted by molar-refractivity contribution is 5.03. The van der Waals surface area contributed by atoms with Crippen molar-refractivity contribution in [2.75, 3.05) is 0 Å². The van der Waals surface area contributed by atoms with Gasteiger partial charge in [0.15, 0.2) is 0 Å². The smallest absolute Gasteiger partial charge is 0.0640 e. The van der Waals surface area contributed by atoms with E-state index in [4.69, 9.17) is 10.9 Å². The summed E-state index contributed by atoms with van der Waals surface area (Å²) < 4.78 is 2.12. The number of nitrogens with one attached hydrogen (secondary N) is 1. The third kappa shape index (κ3) is 5.44. The fraction of sp³-hybridized carbons (Fsp3) is 0.824. The molecular weight excluding hydrogens is 260 g/mol. The lowest BCUT2D eigenvalue weighted by molar-refractivity contribution is 0.315. The molecule has 0 amide bonds. The Morgan fingerprint density at radius 3 is 2.43 bits per heavy atom. The molecule has 1 heterocycles. The Kier molecular flexibility index (Phi) is 8.62. The number of hydrazine groups is 1. The van der Waals surface area contributed by atoms with E-state index >= 15 is 0 Å². The monoisotopic (exact) mass is 294 g/mol. The van der Waals surface area contributed by atoms with Crippen molar-refractivity contribution < 1.29 is 0 Å². The van der Waals surface area contributed by atoms with Crippen LogP contribution in [0.4, 0.5) is 0 Å². The van der Waals surface area contributed by atoms with Gasteiger partial charge in [0.25, 0.3) is 0 Å². The Bertz CT molecular complexity index is 371. The number of unbranched alkanes of at least 4 members (excludes halogenated alkanes) is 1. The topological polar surface area (TPSA) is 55.9 Å². The van der Waals surface area contributed by atoms with Crippen LogP contribution in [-0.4, -0.2) is 15.8 Å². The Hall–Kier alpha value is -0.870. The van der Waals surface area contributed by atoms with Gasteiger partial charge in [-0.2, -0.15) is 5.10 Å². The fourth-order valence-corrected chi connectivity index (χ4v) is 3.10. The summed E-state index contributed by atoms with van der Waals surface area (Å²) in [6.45, 7) is 8.94. The first kappa shape index (κ1) is 18.2. The molecule has 3 N–H and O–H groups in total. The molecule has 4 heteroatoms. The van der Waals surface area contributed by atoms with Crippen molar-refractivity contribution in [3.05, 3.63) is 18.0 Å². The first-order chi connectivity index (χ1) is 10.2. The molecule has 0 fully saturated rings. The molecule has 2 atom stereocenters.